The number of aliphatic hydroxyl groups is 1. The van der Waals surface area contributed by atoms with Crippen LogP contribution in [0.25, 0.3) is 10.8 Å². The summed E-state index contributed by atoms with van der Waals surface area (Å²) in [6.45, 7) is 0.0344. The highest BCUT2D eigenvalue weighted by Crippen LogP contribution is 2.17. The van der Waals surface area contributed by atoms with Crippen molar-refractivity contribution in [3.63, 3.8) is 0 Å². The van der Waals surface area contributed by atoms with Crippen molar-refractivity contribution in [1.82, 2.24) is 10.3 Å². The summed E-state index contributed by atoms with van der Waals surface area (Å²) < 4.78 is 4.95. The van der Waals surface area contributed by atoms with E-state index in [4.69, 9.17) is 9.84 Å². The lowest BCUT2D eigenvalue weighted by Crippen LogP contribution is -2.29. The van der Waals surface area contributed by atoms with E-state index in [1.165, 1.54) is 0 Å². The lowest BCUT2D eigenvalue weighted by Gasteiger charge is -2.05. The molecule has 5 heteroatoms. The predicted molar refractivity (Wildman–Crippen MR) is 62.9 cm³/mol. The third kappa shape index (κ3) is 2.92. The number of carbonyl (C=O) groups excluding carboxylic acids is 1. The van der Waals surface area contributed by atoms with Crippen LogP contribution in [-0.4, -0.2) is 29.3 Å². The van der Waals surface area contributed by atoms with Crippen LogP contribution in [0.5, 0.6) is 5.88 Å². The van der Waals surface area contributed by atoms with Gasteiger partial charge in [0, 0.05) is 24.2 Å². The maximum absolute atomic E-state index is 11.2. The van der Waals surface area contributed by atoms with Gasteiger partial charge in [0.1, 0.15) is 0 Å². The third-order valence-corrected chi connectivity index (χ3v) is 2.18. The standard InChI is InChI=1S/C12H12N2O3/c15-6-5-13-12(16)17-11-7-9-3-1-2-4-10(9)8-14-11/h1-4,7-8,15H,5-6H2,(H,13,16). The average molecular weight is 232 g/mol. The Labute approximate surface area is 98.0 Å². The summed E-state index contributed by atoms with van der Waals surface area (Å²) in [7, 11) is 0. The van der Waals surface area contributed by atoms with Crippen LogP contribution in [-0.2, 0) is 0 Å². The van der Waals surface area contributed by atoms with Crippen molar-refractivity contribution < 1.29 is 14.6 Å². The number of aliphatic hydroxyl groups excluding tert-OH is 1. The molecule has 0 saturated heterocycles. The summed E-state index contributed by atoms with van der Waals surface area (Å²) in [5.41, 5.74) is 0. The van der Waals surface area contributed by atoms with Gasteiger partial charge in [0.25, 0.3) is 0 Å². The molecule has 1 aromatic heterocycles. The molecule has 0 bridgehead atoms. The zero-order valence-corrected chi connectivity index (χ0v) is 9.09. The highest BCUT2D eigenvalue weighted by molar-refractivity contribution is 5.83. The van der Waals surface area contributed by atoms with Crippen LogP contribution in [0.15, 0.2) is 36.5 Å². The first kappa shape index (κ1) is 11.3. The van der Waals surface area contributed by atoms with E-state index in [9.17, 15) is 4.79 Å². The SMILES string of the molecule is O=C(NCCO)Oc1cc2ccccc2cn1. The Hall–Kier alpha value is -2.14. The van der Waals surface area contributed by atoms with E-state index in [2.05, 4.69) is 10.3 Å². The molecule has 0 radical (unpaired) electrons. The van der Waals surface area contributed by atoms with Gasteiger partial charge < -0.3 is 15.2 Å². The first-order valence-corrected chi connectivity index (χ1v) is 5.21. The number of hydrogen-bond donors (Lipinski definition) is 2. The summed E-state index contributed by atoms with van der Waals surface area (Å²) in [5.74, 6) is 0.235. The molecule has 0 fully saturated rings. The van der Waals surface area contributed by atoms with Crippen LogP contribution < -0.4 is 10.1 Å². The van der Waals surface area contributed by atoms with Crippen LogP contribution in [0.4, 0.5) is 4.79 Å². The molecule has 88 valence electrons. The van der Waals surface area contributed by atoms with Crippen molar-refractivity contribution in [3.05, 3.63) is 36.5 Å². The van der Waals surface area contributed by atoms with Crippen molar-refractivity contribution in [2.45, 2.75) is 0 Å². The topological polar surface area (TPSA) is 71.5 Å². The number of amides is 1. The summed E-state index contributed by atoms with van der Waals surface area (Å²) >= 11 is 0. The number of benzene rings is 1. The van der Waals surface area contributed by atoms with Crippen LogP contribution in [0.2, 0.25) is 0 Å². The fraction of sp³-hybridized carbons (Fsp3) is 0.167. The van der Waals surface area contributed by atoms with Gasteiger partial charge >= 0.3 is 6.09 Å². The van der Waals surface area contributed by atoms with Crippen molar-refractivity contribution in [2.75, 3.05) is 13.2 Å². The number of nitrogens with one attached hydrogen (secondary N) is 1. The number of aromatic nitrogens is 1. The van der Waals surface area contributed by atoms with Gasteiger partial charge in [-0.25, -0.2) is 9.78 Å². The lowest BCUT2D eigenvalue weighted by atomic mass is 10.2. The Morgan fingerprint density at radius 2 is 2.12 bits per heavy atom. The molecule has 2 rings (SSSR count). The fourth-order valence-corrected chi connectivity index (χ4v) is 1.41. The van der Waals surface area contributed by atoms with Crippen molar-refractivity contribution in [1.29, 1.82) is 0 Å². The zero-order valence-electron chi connectivity index (χ0n) is 9.09. The predicted octanol–water partition coefficient (Wildman–Crippen LogP) is 1.32. The van der Waals surface area contributed by atoms with E-state index in [0.717, 1.165) is 10.8 Å². The molecular formula is C12H12N2O3. The molecule has 0 aliphatic rings. The number of nitrogens with zero attached hydrogens (tertiary/aromatic N) is 1. The molecule has 2 N–H and O–H groups in total. The highest BCUT2D eigenvalue weighted by atomic mass is 16.6. The van der Waals surface area contributed by atoms with Crippen molar-refractivity contribution in [2.24, 2.45) is 0 Å². The van der Waals surface area contributed by atoms with E-state index >= 15 is 0 Å². The second kappa shape index (κ2) is 5.27. The molecular weight excluding hydrogens is 220 g/mol. The van der Waals surface area contributed by atoms with Crippen LogP contribution in [0.3, 0.4) is 0 Å². The average Bonchev–Trinajstić information content (AvgIpc) is 2.36. The van der Waals surface area contributed by atoms with Crippen molar-refractivity contribution in [3.8, 4) is 5.88 Å². The van der Waals surface area contributed by atoms with Gasteiger partial charge in [-0.05, 0) is 5.39 Å². The first-order chi connectivity index (χ1) is 8.29. The summed E-state index contributed by atoms with van der Waals surface area (Å²) in [5, 5.41) is 12.8. The maximum Gasteiger partial charge on any atom is 0.414 e. The molecule has 5 nitrogen and oxygen atoms in total. The number of fused-ring (bicyclic) bond motifs is 1. The minimum Gasteiger partial charge on any atom is -0.395 e. The Morgan fingerprint density at radius 3 is 2.88 bits per heavy atom. The zero-order chi connectivity index (χ0) is 12.1. The molecule has 1 aromatic carbocycles. The molecule has 0 aliphatic carbocycles. The van der Waals surface area contributed by atoms with Gasteiger partial charge in [0.15, 0.2) is 0 Å². The number of carbonyl (C=O) groups is 1. The third-order valence-electron chi connectivity index (χ3n) is 2.18. The number of rotatable bonds is 3. The van der Waals surface area contributed by atoms with Crippen LogP contribution in [0.1, 0.15) is 0 Å². The maximum atomic E-state index is 11.2. The number of pyridine rings is 1. The Balaban J connectivity index is 2.11. The van der Waals surface area contributed by atoms with Crippen LogP contribution >= 0.6 is 0 Å². The van der Waals surface area contributed by atoms with Gasteiger partial charge in [0.05, 0.1) is 6.61 Å². The molecule has 17 heavy (non-hydrogen) atoms. The molecule has 0 saturated carbocycles. The van der Waals surface area contributed by atoms with Gasteiger partial charge in [-0.15, -0.1) is 0 Å². The van der Waals surface area contributed by atoms with E-state index in [-0.39, 0.29) is 19.0 Å². The van der Waals surface area contributed by atoms with Gasteiger partial charge in [-0.1, -0.05) is 24.3 Å². The fourth-order valence-electron chi connectivity index (χ4n) is 1.41. The first-order valence-electron chi connectivity index (χ1n) is 5.21. The quantitative estimate of drug-likeness (QED) is 0.837. The van der Waals surface area contributed by atoms with Gasteiger partial charge in [-0.2, -0.15) is 0 Å². The molecule has 1 heterocycles. The lowest BCUT2D eigenvalue weighted by molar-refractivity contribution is 0.194. The largest absolute Gasteiger partial charge is 0.414 e. The summed E-state index contributed by atoms with van der Waals surface area (Å²) in [4.78, 5) is 15.2. The normalized spacial score (nSPS) is 10.2. The monoisotopic (exact) mass is 232 g/mol. The molecule has 0 unspecified atom stereocenters. The molecule has 0 spiro atoms. The number of hydrogen-bond acceptors (Lipinski definition) is 4. The van der Waals surface area contributed by atoms with E-state index < -0.39 is 6.09 Å². The Kier molecular flexibility index (Phi) is 3.52. The molecule has 2 aromatic rings. The second-order valence-corrected chi connectivity index (χ2v) is 3.41. The Bertz CT molecular complexity index is 528. The Morgan fingerprint density at radius 1 is 1.35 bits per heavy atom. The van der Waals surface area contributed by atoms with Crippen LogP contribution in [0, 0.1) is 0 Å². The minimum absolute atomic E-state index is 0.125. The minimum atomic E-state index is -0.623. The molecule has 1 amide bonds. The smallest absolute Gasteiger partial charge is 0.395 e. The highest BCUT2D eigenvalue weighted by Gasteiger charge is 2.04. The summed E-state index contributed by atoms with van der Waals surface area (Å²) in [6.07, 6.45) is 1.02. The van der Waals surface area contributed by atoms with E-state index in [0.29, 0.717) is 0 Å². The van der Waals surface area contributed by atoms with E-state index in [1.807, 2.05) is 24.3 Å². The van der Waals surface area contributed by atoms with Crippen molar-refractivity contribution >= 4 is 16.9 Å². The summed E-state index contributed by atoms with van der Waals surface area (Å²) in [6, 6.07) is 9.34. The molecule has 0 atom stereocenters. The number of ether oxygens (including phenoxy) is 1. The van der Waals surface area contributed by atoms with Gasteiger partial charge in [-0.3, -0.25) is 0 Å². The molecule has 0 aliphatic heterocycles. The van der Waals surface area contributed by atoms with E-state index in [1.54, 1.807) is 12.3 Å². The van der Waals surface area contributed by atoms with Gasteiger partial charge in [0.2, 0.25) is 5.88 Å². The second-order valence-electron chi connectivity index (χ2n) is 3.41.